The Labute approximate surface area is 107 Å². The summed E-state index contributed by atoms with van der Waals surface area (Å²) in [5.74, 6) is 0. The highest BCUT2D eigenvalue weighted by Crippen LogP contribution is 2.28. The summed E-state index contributed by atoms with van der Waals surface area (Å²) in [5.41, 5.74) is 3.11. The molecule has 0 radical (unpaired) electrons. The van der Waals surface area contributed by atoms with Crippen molar-refractivity contribution in [2.24, 2.45) is 0 Å². The average molecular weight is 233 g/mol. The van der Waals surface area contributed by atoms with E-state index in [1.54, 1.807) is 0 Å². The van der Waals surface area contributed by atoms with E-state index in [0.717, 1.165) is 13.0 Å². The summed E-state index contributed by atoms with van der Waals surface area (Å²) in [6.45, 7) is 12.4. The van der Waals surface area contributed by atoms with Crippen molar-refractivity contribution in [2.75, 3.05) is 6.54 Å². The SMILES string of the molecule is CCNC(C)CC(C)(C)c1ccc(CC)cc1. The number of aryl methyl sites for hydroxylation is 1. The Morgan fingerprint density at radius 3 is 2.18 bits per heavy atom. The van der Waals surface area contributed by atoms with Crippen LogP contribution >= 0.6 is 0 Å². The first kappa shape index (κ1) is 14.2. The molecule has 0 aliphatic rings. The molecule has 0 saturated carbocycles. The molecule has 1 N–H and O–H groups in total. The van der Waals surface area contributed by atoms with Crippen LogP contribution in [0.1, 0.15) is 52.2 Å². The van der Waals surface area contributed by atoms with Gasteiger partial charge in [-0.05, 0) is 42.9 Å². The summed E-state index contributed by atoms with van der Waals surface area (Å²) < 4.78 is 0. The van der Waals surface area contributed by atoms with E-state index in [1.165, 1.54) is 17.5 Å². The molecule has 0 saturated heterocycles. The van der Waals surface area contributed by atoms with Crippen LogP contribution in [0, 0.1) is 0 Å². The van der Waals surface area contributed by atoms with Gasteiger partial charge in [-0.1, -0.05) is 52.0 Å². The first-order chi connectivity index (χ1) is 7.99. The molecule has 1 aromatic carbocycles. The van der Waals surface area contributed by atoms with Crippen LogP contribution in [0.15, 0.2) is 24.3 Å². The summed E-state index contributed by atoms with van der Waals surface area (Å²) in [7, 11) is 0. The molecule has 1 rings (SSSR count). The van der Waals surface area contributed by atoms with E-state index < -0.39 is 0 Å². The van der Waals surface area contributed by atoms with Crippen molar-refractivity contribution >= 4 is 0 Å². The van der Waals surface area contributed by atoms with Crippen LogP contribution in [0.4, 0.5) is 0 Å². The second kappa shape index (κ2) is 6.20. The van der Waals surface area contributed by atoms with Crippen LogP contribution < -0.4 is 5.32 Å². The van der Waals surface area contributed by atoms with Crippen molar-refractivity contribution < 1.29 is 0 Å². The van der Waals surface area contributed by atoms with Crippen LogP contribution in [0.3, 0.4) is 0 Å². The lowest BCUT2D eigenvalue weighted by Gasteiger charge is -2.29. The van der Waals surface area contributed by atoms with Gasteiger partial charge in [-0.2, -0.15) is 0 Å². The molecule has 1 nitrogen and oxygen atoms in total. The quantitative estimate of drug-likeness (QED) is 0.785. The minimum absolute atomic E-state index is 0.244. The maximum atomic E-state index is 3.49. The Bertz CT molecular complexity index is 324. The zero-order chi connectivity index (χ0) is 12.9. The normalized spacial score (nSPS) is 13.7. The van der Waals surface area contributed by atoms with Crippen molar-refractivity contribution in [3.05, 3.63) is 35.4 Å². The highest BCUT2D eigenvalue weighted by Gasteiger charge is 2.22. The largest absolute Gasteiger partial charge is 0.315 e. The lowest BCUT2D eigenvalue weighted by Crippen LogP contribution is -2.33. The molecule has 96 valence electrons. The van der Waals surface area contributed by atoms with Crippen molar-refractivity contribution in [2.45, 2.75) is 58.9 Å². The lowest BCUT2D eigenvalue weighted by molar-refractivity contribution is 0.394. The molecule has 1 unspecified atom stereocenters. The van der Waals surface area contributed by atoms with Crippen molar-refractivity contribution in [1.29, 1.82) is 0 Å². The number of hydrogen-bond donors (Lipinski definition) is 1. The molecule has 17 heavy (non-hydrogen) atoms. The molecule has 1 atom stereocenters. The molecule has 0 aromatic heterocycles. The Morgan fingerprint density at radius 1 is 1.12 bits per heavy atom. The van der Waals surface area contributed by atoms with Gasteiger partial charge in [0.05, 0.1) is 0 Å². The molecule has 0 amide bonds. The maximum Gasteiger partial charge on any atom is 0.00468 e. The van der Waals surface area contributed by atoms with Gasteiger partial charge in [0.25, 0.3) is 0 Å². The van der Waals surface area contributed by atoms with Crippen LogP contribution in [-0.2, 0) is 11.8 Å². The fourth-order valence-electron chi connectivity index (χ4n) is 2.50. The van der Waals surface area contributed by atoms with Crippen LogP contribution in [-0.4, -0.2) is 12.6 Å². The van der Waals surface area contributed by atoms with E-state index in [2.05, 4.69) is 64.2 Å². The first-order valence-corrected chi connectivity index (χ1v) is 6.82. The van der Waals surface area contributed by atoms with Crippen molar-refractivity contribution in [3.8, 4) is 0 Å². The van der Waals surface area contributed by atoms with Crippen molar-refractivity contribution in [1.82, 2.24) is 5.32 Å². The molecule has 0 heterocycles. The second-order valence-corrected chi connectivity index (χ2v) is 5.60. The topological polar surface area (TPSA) is 12.0 Å². The summed E-state index contributed by atoms with van der Waals surface area (Å²) in [6, 6.07) is 9.67. The van der Waals surface area contributed by atoms with E-state index in [-0.39, 0.29) is 5.41 Å². The van der Waals surface area contributed by atoms with Crippen LogP contribution in [0.2, 0.25) is 0 Å². The van der Waals surface area contributed by atoms with Gasteiger partial charge in [0.15, 0.2) is 0 Å². The van der Waals surface area contributed by atoms with Crippen LogP contribution in [0.5, 0.6) is 0 Å². The van der Waals surface area contributed by atoms with E-state index in [1.807, 2.05) is 0 Å². The van der Waals surface area contributed by atoms with Gasteiger partial charge in [0.2, 0.25) is 0 Å². The monoisotopic (exact) mass is 233 g/mol. The highest BCUT2D eigenvalue weighted by molar-refractivity contribution is 5.28. The zero-order valence-corrected chi connectivity index (χ0v) is 12.0. The van der Waals surface area contributed by atoms with Crippen molar-refractivity contribution in [3.63, 3.8) is 0 Å². The molecule has 0 aliphatic carbocycles. The Morgan fingerprint density at radius 2 is 1.71 bits per heavy atom. The minimum atomic E-state index is 0.244. The third-order valence-electron chi connectivity index (χ3n) is 3.51. The predicted molar refractivity (Wildman–Crippen MR) is 76.6 cm³/mol. The molecule has 0 spiro atoms. The zero-order valence-electron chi connectivity index (χ0n) is 12.0. The summed E-state index contributed by atoms with van der Waals surface area (Å²) in [5, 5.41) is 3.49. The standard InChI is InChI=1S/C16H27N/c1-6-14-8-10-15(11-9-14)16(4,5)12-13(3)17-7-2/h8-11,13,17H,6-7,12H2,1-5H3. The smallest absolute Gasteiger partial charge is 0.00468 e. The molecule has 0 bridgehead atoms. The van der Waals surface area contributed by atoms with E-state index in [4.69, 9.17) is 0 Å². The first-order valence-electron chi connectivity index (χ1n) is 6.82. The molecule has 1 heteroatoms. The Kier molecular flexibility index (Phi) is 5.20. The number of benzene rings is 1. The van der Waals surface area contributed by atoms with E-state index in [0.29, 0.717) is 6.04 Å². The highest BCUT2D eigenvalue weighted by atomic mass is 14.9. The lowest BCUT2D eigenvalue weighted by atomic mass is 9.79. The summed E-state index contributed by atoms with van der Waals surface area (Å²) >= 11 is 0. The Hall–Kier alpha value is -0.820. The van der Waals surface area contributed by atoms with Gasteiger partial charge in [0.1, 0.15) is 0 Å². The number of nitrogens with one attached hydrogen (secondary N) is 1. The third kappa shape index (κ3) is 4.16. The van der Waals surface area contributed by atoms with Gasteiger partial charge in [-0.25, -0.2) is 0 Å². The van der Waals surface area contributed by atoms with E-state index in [9.17, 15) is 0 Å². The van der Waals surface area contributed by atoms with Gasteiger partial charge in [0, 0.05) is 6.04 Å². The Balaban J connectivity index is 2.73. The minimum Gasteiger partial charge on any atom is -0.315 e. The fraction of sp³-hybridized carbons (Fsp3) is 0.625. The molecule has 0 fully saturated rings. The van der Waals surface area contributed by atoms with Gasteiger partial charge >= 0.3 is 0 Å². The van der Waals surface area contributed by atoms with Gasteiger partial charge in [-0.3, -0.25) is 0 Å². The third-order valence-corrected chi connectivity index (χ3v) is 3.51. The molecular weight excluding hydrogens is 206 g/mol. The molecule has 1 aromatic rings. The predicted octanol–water partition coefficient (Wildman–Crippen LogP) is 3.91. The molecular formula is C16H27N. The second-order valence-electron chi connectivity index (χ2n) is 5.60. The number of hydrogen-bond acceptors (Lipinski definition) is 1. The fourth-order valence-corrected chi connectivity index (χ4v) is 2.50. The average Bonchev–Trinajstić information content (AvgIpc) is 2.28. The summed E-state index contributed by atoms with van der Waals surface area (Å²) in [6.07, 6.45) is 2.29. The number of rotatable bonds is 6. The van der Waals surface area contributed by atoms with Gasteiger partial charge < -0.3 is 5.32 Å². The summed E-state index contributed by atoms with van der Waals surface area (Å²) in [4.78, 5) is 0. The van der Waals surface area contributed by atoms with Crippen LogP contribution in [0.25, 0.3) is 0 Å². The molecule has 0 aliphatic heterocycles. The maximum absolute atomic E-state index is 3.49. The van der Waals surface area contributed by atoms with Gasteiger partial charge in [-0.15, -0.1) is 0 Å². The van der Waals surface area contributed by atoms with E-state index >= 15 is 0 Å².